The minimum atomic E-state index is -3.77. The second-order valence-electron chi connectivity index (χ2n) is 7.25. The van der Waals surface area contributed by atoms with Crippen LogP contribution in [-0.2, 0) is 22.9 Å². The van der Waals surface area contributed by atoms with Crippen LogP contribution in [0.1, 0.15) is 21.5 Å². The van der Waals surface area contributed by atoms with Gasteiger partial charge in [-0.25, -0.2) is 13.2 Å². The van der Waals surface area contributed by atoms with Crippen molar-refractivity contribution < 1.29 is 18.3 Å². The minimum absolute atomic E-state index is 0.228. The van der Waals surface area contributed by atoms with Crippen molar-refractivity contribution in [3.05, 3.63) is 108 Å². The summed E-state index contributed by atoms with van der Waals surface area (Å²) in [6.45, 7) is 0. The Balaban J connectivity index is 1.55. The molecule has 4 aromatic rings. The molecule has 0 unspecified atom stereocenters. The van der Waals surface area contributed by atoms with Gasteiger partial charge in [-0.1, -0.05) is 66.7 Å². The van der Waals surface area contributed by atoms with E-state index in [1.807, 2.05) is 36.4 Å². The topological polar surface area (TPSA) is 83.5 Å². The van der Waals surface area contributed by atoms with Crippen LogP contribution in [0.25, 0.3) is 10.8 Å². The summed E-state index contributed by atoms with van der Waals surface area (Å²) in [5.41, 5.74) is 2.42. The molecular weight excluding hydrogens is 410 g/mol. The van der Waals surface area contributed by atoms with E-state index in [0.29, 0.717) is 23.9 Å². The number of benzene rings is 4. The highest BCUT2D eigenvalue weighted by atomic mass is 32.2. The lowest BCUT2D eigenvalue weighted by atomic mass is 10.00. The van der Waals surface area contributed by atoms with Crippen molar-refractivity contribution in [1.82, 2.24) is 0 Å². The zero-order valence-electron chi connectivity index (χ0n) is 16.7. The number of carbonyl (C=O) groups is 1. The molecular formula is C25H21NO4S. The van der Waals surface area contributed by atoms with Gasteiger partial charge in [-0.2, -0.15) is 0 Å². The number of rotatable bonds is 7. The third kappa shape index (κ3) is 4.59. The van der Waals surface area contributed by atoms with E-state index in [2.05, 4.69) is 4.72 Å². The van der Waals surface area contributed by atoms with Crippen molar-refractivity contribution in [2.45, 2.75) is 17.7 Å². The summed E-state index contributed by atoms with van der Waals surface area (Å²) in [4.78, 5) is 11.6. The largest absolute Gasteiger partial charge is 0.478 e. The molecule has 31 heavy (non-hydrogen) atoms. The number of aromatic carboxylic acids is 1. The van der Waals surface area contributed by atoms with Gasteiger partial charge in [0.15, 0.2) is 0 Å². The molecule has 0 fully saturated rings. The van der Waals surface area contributed by atoms with E-state index < -0.39 is 16.0 Å². The Bertz CT molecular complexity index is 1360. The fourth-order valence-electron chi connectivity index (χ4n) is 3.66. The standard InChI is InChI=1S/C25H21NO4S/c27-25(28)23-13-4-2-9-20(23)16-15-18-7-5-11-21(17-18)26-31(29,30)24-14-6-10-19-8-1-3-12-22(19)24/h1-14,17,26H,15-16H2,(H,27,28). The lowest BCUT2D eigenvalue weighted by molar-refractivity contribution is 0.0695. The lowest BCUT2D eigenvalue weighted by Gasteiger charge is -2.12. The molecule has 156 valence electrons. The van der Waals surface area contributed by atoms with Crippen molar-refractivity contribution >= 4 is 32.5 Å². The molecule has 4 rings (SSSR count). The summed E-state index contributed by atoms with van der Waals surface area (Å²) in [7, 11) is -3.77. The van der Waals surface area contributed by atoms with Crippen LogP contribution < -0.4 is 4.72 Å². The summed E-state index contributed by atoms with van der Waals surface area (Å²) >= 11 is 0. The van der Waals surface area contributed by atoms with Gasteiger partial charge >= 0.3 is 5.97 Å². The number of nitrogens with one attached hydrogen (secondary N) is 1. The van der Waals surface area contributed by atoms with Crippen LogP contribution in [-0.4, -0.2) is 19.5 Å². The van der Waals surface area contributed by atoms with E-state index in [0.717, 1.165) is 16.5 Å². The third-order valence-corrected chi connectivity index (χ3v) is 6.59. The average Bonchev–Trinajstić information content (AvgIpc) is 2.77. The molecule has 0 heterocycles. The summed E-state index contributed by atoms with van der Waals surface area (Å²) in [5.74, 6) is -0.952. The van der Waals surface area contributed by atoms with E-state index in [4.69, 9.17) is 0 Å². The molecule has 0 amide bonds. The molecule has 0 bridgehead atoms. The maximum absolute atomic E-state index is 13.0. The summed E-state index contributed by atoms with van der Waals surface area (Å²) < 4.78 is 28.8. The fourth-order valence-corrected chi connectivity index (χ4v) is 4.94. The van der Waals surface area contributed by atoms with Crippen LogP contribution in [0.15, 0.2) is 95.9 Å². The van der Waals surface area contributed by atoms with E-state index >= 15 is 0 Å². The van der Waals surface area contributed by atoms with E-state index in [-0.39, 0.29) is 10.5 Å². The zero-order chi connectivity index (χ0) is 21.8. The van der Waals surface area contributed by atoms with Gasteiger partial charge in [0.25, 0.3) is 10.0 Å². The van der Waals surface area contributed by atoms with E-state index in [1.165, 1.54) is 0 Å². The normalized spacial score (nSPS) is 11.4. The quantitative estimate of drug-likeness (QED) is 0.425. The predicted molar refractivity (Wildman–Crippen MR) is 122 cm³/mol. The summed E-state index contributed by atoms with van der Waals surface area (Å²) in [5, 5.41) is 10.9. The summed E-state index contributed by atoms with van der Waals surface area (Å²) in [6.07, 6.45) is 1.14. The molecule has 0 spiro atoms. The van der Waals surface area contributed by atoms with Gasteiger partial charge in [-0.05, 0) is 53.6 Å². The van der Waals surface area contributed by atoms with Gasteiger partial charge in [-0.15, -0.1) is 0 Å². The van der Waals surface area contributed by atoms with E-state index in [9.17, 15) is 18.3 Å². The SMILES string of the molecule is O=C(O)c1ccccc1CCc1cccc(NS(=O)(=O)c2cccc3ccccc23)c1. The molecule has 0 radical (unpaired) electrons. The van der Waals surface area contributed by atoms with Crippen molar-refractivity contribution in [2.75, 3.05) is 4.72 Å². The Kier molecular flexibility index (Phi) is 5.73. The first-order valence-electron chi connectivity index (χ1n) is 9.85. The van der Waals surface area contributed by atoms with Crippen LogP contribution in [0.3, 0.4) is 0 Å². The number of carboxylic acid groups (broad SMARTS) is 1. The third-order valence-electron chi connectivity index (χ3n) is 5.15. The van der Waals surface area contributed by atoms with Gasteiger partial charge in [-0.3, -0.25) is 4.72 Å². The second kappa shape index (κ2) is 8.62. The molecule has 4 aromatic carbocycles. The monoisotopic (exact) mass is 431 g/mol. The molecule has 0 saturated carbocycles. The van der Waals surface area contributed by atoms with Crippen LogP contribution in [0.2, 0.25) is 0 Å². The lowest BCUT2D eigenvalue weighted by Crippen LogP contribution is -2.13. The number of hydrogen-bond acceptors (Lipinski definition) is 3. The number of sulfonamides is 1. The maximum Gasteiger partial charge on any atom is 0.335 e. The van der Waals surface area contributed by atoms with Crippen molar-refractivity contribution in [2.24, 2.45) is 0 Å². The minimum Gasteiger partial charge on any atom is -0.478 e. The molecule has 0 aromatic heterocycles. The molecule has 2 N–H and O–H groups in total. The van der Waals surface area contributed by atoms with Gasteiger partial charge in [0.1, 0.15) is 0 Å². The van der Waals surface area contributed by atoms with Gasteiger partial charge in [0, 0.05) is 11.1 Å². The predicted octanol–water partition coefficient (Wildman–Crippen LogP) is 5.12. The van der Waals surface area contributed by atoms with Crippen molar-refractivity contribution in [1.29, 1.82) is 0 Å². The summed E-state index contributed by atoms with van der Waals surface area (Å²) in [6, 6.07) is 26.7. The smallest absolute Gasteiger partial charge is 0.335 e. The Labute approximate surface area is 181 Å². The molecule has 5 nitrogen and oxygen atoms in total. The number of hydrogen-bond donors (Lipinski definition) is 2. The molecule has 0 aliphatic rings. The Morgan fingerprint density at radius 3 is 2.35 bits per heavy atom. The second-order valence-corrected chi connectivity index (χ2v) is 8.90. The number of anilines is 1. The Morgan fingerprint density at radius 2 is 1.52 bits per heavy atom. The zero-order valence-corrected chi connectivity index (χ0v) is 17.5. The van der Waals surface area contributed by atoms with Gasteiger partial charge < -0.3 is 5.11 Å². The molecule has 0 aliphatic heterocycles. The van der Waals surface area contributed by atoms with Gasteiger partial charge in [0.05, 0.1) is 10.5 Å². The molecule has 6 heteroatoms. The first-order chi connectivity index (χ1) is 14.9. The van der Waals surface area contributed by atoms with Crippen molar-refractivity contribution in [3.8, 4) is 0 Å². The van der Waals surface area contributed by atoms with Crippen LogP contribution in [0, 0.1) is 0 Å². The van der Waals surface area contributed by atoms with Gasteiger partial charge in [0.2, 0.25) is 0 Å². The Morgan fingerprint density at radius 1 is 0.806 bits per heavy atom. The maximum atomic E-state index is 13.0. The molecule has 0 atom stereocenters. The van der Waals surface area contributed by atoms with Crippen LogP contribution in [0.5, 0.6) is 0 Å². The highest BCUT2D eigenvalue weighted by Crippen LogP contribution is 2.25. The van der Waals surface area contributed by atoms with E-state index in [1.54, 1.807) is 54.6 Å². The number of aryl methyl sites for hydroxylation is 2. The van der Waals surface area contributed by atoms with Crippen LogP contribution >= 0.6 is 0 Å². The first kappa shape index (κ1) is 20.6. The Hall–Kier alpha value is -3.64. The highest BCUT2D eigenvalue weighted by molar-refractivity contribution is 7.93. The van der Waals surface area contributed by atoms with Crippen molar-refractivity contribution in [3.63, 3.8) is 0 Å². The fraction of sp³-hybridized carbons (Fsp3) is 0.0800. The number of carboxylic acids is 1. The molecule has 0 aliphatic carbocycles. The number of fused-ring (bicyclic) bond motifs is 1. The highest BCUT2D eigenvalue weighted by Gasteiger charge is 2.17. The van der Waals surface area contributed by atoms with Crippen LogP contribution in [0.4, 0.5) is 5.69 Å². The molecule has 0 saturated heterocycles. The first-order valence-corrected chi connectivity index (χ1v) is 11.3. The average molecular weight is 432 g/mol.